The quantitative estimate of drug-likeness (QED) is 0.623. The Labute approximate surface area is 194 Å². The van der Waals surface area contributed by atoms with Gasteiger partial charge in [0.1, 0.15) is 12.4 Å². The largest absolute Gasteiger partial charge is 0.484 e. The van der Waals surface area contributed by atoms with Crippen molar-refractivity contribution in [1.29, 1.82) is 5.26 Å². The molecule has 4 rings (SSSR count). The third kappa shape index (κ3) is 6.56. The van der Waals surface area contributed by atoms with Crippen molar-refractivity contribution in [2.24, 2.45) is 11.1 Å². The summed E-state index contributed by atoms with van der Waals surface area (Å²) in [4.78, 5) is 17.7. The van der Waals surface area contributed by atoms with Gasteiger partial charge in [0.15, 0.2) is 6.61 Å². The molecule has 0 atom stereocenters. The predicted octanol–water partition coefficient (Wildman–Crippen LogP) is 3.74. The van der Waals surface area contributed by atoms with Gasteiger partial charge in [0.2, 0.25) is 0 Å². The minimum atomic E-state index is -0.0994. The molecule has 0 radical (unpaired) electrons. The number of hydrogen-bond acceptors (Lipinski definition) is 6. The zero-order valence-electron chi connectivity index (χ0n) is 18.7. The maximum atomic E-state index is 12.2. The zero-order valence-corrected chi connectivity index (χ0v) is 18.7. The fourth-order valence-corrected chi connectivity index (χ4v) is 4.09. The molecule has 1 heterocycles. The van der Waals surface area contributed by atoms with Crippen LogP contribution in [0.1, 0.15) is 47.9 Å². The summed E-state index contributed by atoms with van der Waals surface area (Å²) < 4.78 is 11.1. The zero-order chi connectivity index (χ0) is 22.9. The third-order valence-electron chi connectivity index (χ3n) is 6.04. The summed E-state index contributed by atoms with van der Waals surface area (Å²) in [6.07, 6.45) is 4.77. The number of ether oxygens (including phenoxy) is 2. The Kier molecular flexibility index (Phi) is 7.94. The summed E-state index contributed by atoms with van der Waals surface area (Å²) in [7, 11) is 0. The van der Waals surface area contributed by atoms with Gasteiger partial charge >= 0.3 is 0 Å². The standard InChI is InChI=1S/C26H29N3O4/c27-15-19-4-6-21(7-5-19)17-33-29-25-3-1-2-22-14-23(8-9-24(22)25)32-18-26(30)28-16-20-10-12-31-13-11-20/h4-9,14,20H,1-3,10-13,16-18H2,(H,28,30)/b29-25-. The number of rotatable bonds is 8. The number of nitriles is 1. The van der Waals surface area contributed by atoms with Crippen LogP contribution in [0, 0.1) is 17.2 Å². The molecule has 33 heavy (non-hydrogen) atoms. The van der Waals surface area contributed by atoms with Crippen molar-refractivity contribution in [1.82, 2.24) is 5.32 Å². The van der Waals surface area contributed by atoms with E-state index in [1.165, 1.54) is 0 Å². The van der Waals surface area contributed by atoms with Crippen molar-refractivity contribution in [2.75, 3.05) is 26.4 Å². The highest BCUT2D eigenvalue weighted by atomic mass is 16.6. The number of hydrogen-bond donors (Lipinski definition) is 1. The molecule has 2 aromatic rings. The van der Waals surface area contributed by atoms with Gasteiger partial charge < -0.3 is 19.6 Å². The van der Waals surface area contributed by atoms with Gasteiger partial charge in [-0.15, -0.1) is 0 Å². The Bertz CT molecular complexity index is 1020. The normalized spacial score (nSPS) is 17.1. The maximum absolute atomic E-state index is 12.2. The van der Waals surface area contributed by atoms with Gasteiger partial charge in [-0.3, -0.25) is 4.79 Å². The van der Waals surface area contributed by atoms with E-state index in [0.717, 1.165) is 67.7 Å². The molecule has 2 aliphatic rings. The molecule has 0 spiro atoms. The molecule has 0 unspecified atom stereocenters. The number of benzene rings is 2. The number of carbonyl (C=O) groups is 1. The van der Waals surface area contributed by atoms with Crippen LogP contribution in [0.4, 0.5) is 0 Å². The van der Waals surface area contributed by atoms with E-state index in [4.69, 9.17) is 19.6 Å². The van der Waals surface area contributed by atoms with E-state index in [-0.39, 0.29) is 12.5 Å². The lowest BCUT2D eigenvalue weighted by atomic mass is 9.90. The van der Waals surface area contributed by atoms with Gasteiger partial charge in [0.25, 0.3) is 5.91 Å². The van der Waals surface area contributed by atoms with E-state index < -0.39 is 0 Å². The summed E-state index contributed by atoms with van der Waals surface area (Å²) in [5.41, 5.74) is 4.74. The van der Waals surface area contributed by atoms with Crippen LogP contribution in [0.5, 0.6) is 5.75 Å². The number of oxime groups is 1. The Morgan fingerprint density at radius 1 is 1.15 bits per heavy atom. The predicted molar refractivity (Wildman–Crippen MR) is 124 cm³/mol. The number of carbonyl (C=O) groups excluding carboxylic acids is 1. The lowest BCUT2D eigenvalue weighted by molar-refractivity contribution is -0.123. The van der Waals surface area contributed by atoms with Crippen LogP contribution in [-0.2, 0) is 27.4 Å². The van der Waals surface area contributed by atoms with E-state index in [1.54, 1.807) is 12.1 Å². The fraction of sp³-hybridized carbons (Fsp3) is 0.423. The van der Waals surface area contributed by atoms with Gasteiger partial charge in [-0.1, -0.05) is 17.3 Å². The average molecular weight is 448 g/mol. The highest BCUT2D eigenvalue weighted by molar-refractivity contribution is 6.02. The molecular weight excluding hydrogens is 418 g/mol. The minimum absolute atomic E-state index is 0.0106. The number of fused-ring (bicyclic) bond motifs is 1. The van der Waals surface area contributed by atoms with Crippen molar-refractivity contribution in [2.45, 2.75) is 38.7 Å². The van der Waals surface area contributed by atoms with Crippen LogP contribution in [0.25, 0.3) is 0 Å². The molecule has 1 amide bonds. The lowest BCUT2D eigenvalue weighted by Gasteiger charge is -2.22. The Morgan fingerprint density at radius 2 is 1.97 bits per heavy atom. The minimum Gasteiger partial charge on any atom is -0.484 e. The Hall–Kier alpha value is -3.37. The van der Waals surface area contributed by atoms with E-state index in [1.807, 2.05) is 30.3 Å². The van der Waals surface area contributed by atoms with Crippen LogP contribution in [0.3, 0.4) is 0 Å². The summed E-state index contributed by atoms with van der Waals surface area (Å²) in [6, 6.07) is 15.3. The maximum Gasteiger partial charge on any atom is 0.257 e. The van der Waals surface area contributed by atoms with Gasteiger partial charge in [0, 0.05) is 25.3 Å². The summed E-state index contributed by atoms with van der Waals surface area (Å²) in [5.74, 6) is 1.08. The molecule has 0 saturated carbocycles. The number of amides is 1. The van der Waals surface area contributed by atoms with Gasteiger partial charge in [-0.05, 0) is 79.5 Å². The SMILES string of the molecule is N#Cc1ccc(CO/N=C2/CCCc3cc(OCC(=O)NCC4CCOCC4)ccc32)cc1. The van der Waals surface area contributed by atoms with Crippen molar-refractivity contribution in [3.63, 3.8) is 0 Å². The van der Waals surface area contributed by atoms with Crippen molar-refractivity contribution >= 4 is 11.6 Å². The number of nitrogens with zero attached hydrogens (tertiary/aromatic N) is 2. The smallest absolute Gasteiger partial charge is 0.257 e. The van der Waals surface area contributed by atoms with E-state index in [0.29, 0.717) is 30.4 Å². The summed E-state index contributed by atoms with van der Waals surface area (Å²) in [6.45, 7) is 2.60. The fourth-order valence-electron chi connectivity index (χ4n) is 4.09. The molecule has 0 bridgehead atoms. The first-order valence-electron chi connectivity index (χ1n) is 11.5. The second-order valence-corrected chi connectivity index (χ2v) is 8.44. The first kappa shape index (κ1) is 22.8. The number of aryl methyl sites for hydroxylation is 1. The Balaban J connectivity index is 1.28. The lowest BCUT2D eigenvalue weighted by Crippen LogP contribution is -2.35. The van der Waals surface area contributed by atoms with E-state index >= 15 is 0 Å². The van der Waals surface area contributed by atoms with E-state index in [2.05, 4.69) is 16.5 Å². The molecule has 7 nitrogen and oxygen atoms in total. The second-order valence-electron chi connectivity index (χ2n) is 8.44. The van der Waals surface area contributed by atoms with Crippen LogP contribution in [0.15, 0.2) is 47.6 Å². The molecule has 1 saturated heterocycles. The molecule has 7 heteroatoms. The van der Waals surface area contributed by atoms with Crippen LogP contribution in [-0.4, -0.2) is 38.0 Å². The molecule has 172 valence electrons. The van der Waals surface area contributed by atoms with Crippen molar-refractivity contribution in [3.8, 4) is 11.8 Å². The van der Waals surface area contributed by atoms with E-state index in [9.17, 15) is 4.79 Å². The summed E-state index contributed by atoms with van der Waals surface area (Å²) in [5, 5.41) is 16.2. The molecule has 2 aromatic carbocycles. The van der Waals surface area contributed by atoms with Crippen molar-refractivity contribution < 1.29 is 19.1 Å². The van der Waals surface area contributed by atoms with Crippen LogP contribution >= 0.6 is 0 Å². The summed E-state index contributed by atoms with van der Waals surface area (Å²) >= 11 is 0. The topological polar surface area (TPSA) is 92.9 Å². The van der Waals surface area contributed by atoms with Gasteiger partial charge in [-0.25, -0.2) is 0 Å². The number of nitrogens with one attached hydrogen (secondary N) is 1. The second kappa shape index (κ2) is 11.5. The molecule has 1 aliphatic heterocycles. The third-order valence-corrected chi connectivity index (χ3v) is 6.04. The van der Waals surface area contributed by atoms with Crippen molar-refractivity contribution in [3.05, 3.63) is 64.7 Å². The molecule has 1 N–H and O–H groups in total. The highest BCUT2D eigenvalue weighted by Crippen LogP contribution is 2.26. The molecule has 0 aromatic heterocycles. The monoisotopic (exact) mass is 447 g/mol. The van der Waals surface area contributed by atoms with Crippen LogP contribution in [0.2, 0.25) is 0 Å². The van der Waals surface area contributed by atoms with Gasteiger partial charge in [0.05, 0.1) is 17.3 Å². The first-order chi connectivity index (χ1) is 16.2. The molecule has 1 aliphatic carbocycles. The average Bonchev–Trinajstić information content (AvgIpc) is 2.87. The van der Waals surface area contributed by atoms with Crippen LogP contribution < -0.4 is 10.1 Å². The molecule has 1 fully saturated rings. The first-order valence-corrected chi connectivity index (χ1v) is 11.5. The Morgan fingerprint density at radius 3 is 2.76 bits per heavy atom. The van der Waals surface area contributed by atoms with Gasteiger partial charge in [-0.2, -0.15) is 5.26 Å². The highest BCUT2D eigenvalue weighted by Gasteiger charge is 2.18. The molecular formula is C26H29N3O4.